The fourth-order valence-corrected chi connectivity index (χ4v) is 2.59. The van der Waals surface area contributed by atoms with Gasteiger partial charge in [0.05, 0.1) is 19.9 Å². The van der Waals surface area contributed by atoms with E-state index in [9.17, 15) is 14.0 Å². The number of aromatic nitrogens is 2. The minimum absolute atomic E-state index is 0.276. The van der Waals surface area contributed by atoms with Gasteiger partial charge in [-0.1, -0.05) is 0 Å². The number of nitrogens with zero attached hydrogens (tertiary/aromatic N) is 2. The van der Waals surface area contributed by atoms with Crippen molar-refractivity contribution in [2.75, 3.05) is 19.5 Å². The van der Waals surface area contributed by atoms with Crippen molar-refractivity contribution in [2.45, 2.75) is 6.54 Å². The largest absolute Gasteiger partial charge is 0.497 e. The molecule has 0 saturated heterocycles. The molecule has 0 aliphatic heterocycles. The molecule has 8 heteroatoms. The zero-order valence-corrected chi connectivity index (χ0v) is 15.3. The summed E-state index contributed by atoms with van der Waals surface area (Å²) >= 11 is 0. The van der Waals surface area contributed by atoms with Crippen molar-refractivity contribution in [3.8, 4) is 22.8 Å². The summed E-state index contributed by atoms with van der Waals surface area (Å²) in [5.74, 6) is 0.0768. The number of ether oxygens (including phenoxy) is 2. The van der Waals surface area contributed by atoms with Gasteiger partial charge in [0.25, 0.3) is 5.56 Å². The van der Waals surface area contributed by atoms with Crippen molar-refractivity contribution in [3.63, 3.8) is 0 Å². The van der Waals surface area contributed by atoms with Gasteiger partial charge < -0.3 is 14.8 Å². The fraction of sp³-hybridized carbons (Fsp3) is 0.150. The molecule has 144 valence electrons. The maximum absolute atomic E-state index is 13.4. The van der Waals surface area contributed by atoms with Crippen LogP contribution in [-0.4, -0.2) is 29.9 Å². The SMILES string of the molecule is COc1ccc(NC(=O)Cn2nc(-c3ccc(F)cc3OC)ccc2=O)cc1. The number of nitrogens with one attached hydrogen (secondary N) is 1. The van der Waals surface area contributed by atoms with Crippen LogP contribution in [-0.2, 0) is 11.3 Å². The predicted molar refractivity (Wildman–Crippen MR) is 102 cm³/mol. The molecular weight excluding hydrogens is 365 g/mol. The molecule has 3 aromatic rings. The number of carbonyl (C=O) groups is 1. The van der Waals surface area contributed by atoms with Gasteiger partial charge in [0.15, 0.2) is 0 Å². The number of hydrogen-bond donors (Lipinski definition) is 1. The highest BCUT2D eigenvalue weighted by atomic mass is 19.1. The molecule has 0 saturated carbocycles. The van der Waals surface area contributed by atoms with Gasteiger partial charge in [-0.05, 0) is 42.5 Å². The van der Waals surface area contributed by atoms with E-state index in [0.717, 1.165) is 4.68 Å². The molecule has 0 fully saturated rings. The summed E-state index contributed by atoms with van der Waals surface area (Å²) in [6.45, 7) is -0.276. The number of benzene rings is 2. The van der Waals surface area contributed by atoms with Crippen molar-refractivity contribution in [3.05, 3.63) is 70.8 Å². The third-order valence-electron chi connectivity index (χ3n) is 3.97. The zero-order chi connectivity index (χ0) is 20.1. The number of methoxy groups -OCH3 is 2. The lowest BCUT2D eigenvalue weighted by Crippen LogP contribution is -2.29. The second-order valence-electron chi connectivity index (χ2n) is 5.84. The minimum Gasteiger partial charge on any atom is -0.497 e. The molecule has 1 heterocycles. The minimum atomic E-state index is -0.451. The molecule has 0 spiro atoms. The average molecular weight is 383 g/mol. The third-order valence-corrected chi connectivity index (χ3v) is 3.97. The van der Waals surface area contributed by atoms with Crippen LogP contribution in [0.15, 0.2) is 59.4 Å². The molecule has 0 unspecified atom stereocenters. The lowest BCUT2D eigenvalue weighted by Gasteiger charge is -2.11. The Hall–Kier alpha value is -3.68. The van der Waals surface area contributed by atoms with E-state index in [0.29, 0.717) is 22.7 Å². The van der Waals surface area contributed by atoms with E-state index >= 15 is 0 Å². The Kier molecular flexibility index (Phi) is 5.69. The third kappa shape index (κ3) is 4.35. The maximum Gasteiger partial charge on any atom is 0.267 e. The van der Waals surface area contributed by atoms with E-state index < -0.39 is 17.3 Å². The molecule has 7 nitrogen and oxygen atoms in total. The van der Waals surface area contributed by atoms with Gasteiger partial charge >= 0.3 is 0 Å². The van der Waals surface area contributed by atoms with Crippen LogP contribution in [0.2, 0.25) is 0 Å². The molecule has 0 atom stereocenters. The summed E-state index contributed by atoms with van der Waals surface area (Å²) in [6.07, 6.45) is 0. The summed E-state index contributed by atoms with van der Waals surface area (Å²) in [4.78, 5) is 24.4. The highest BCUT2D eigenvalue weighted by Crippen LogP contribution is 2.28. The standard InChI is InChI=1S/C20H18FN3O4/c1-27-15-6-4-14(5-7-15)22-19(25)12-24-20(26)10-9-17(23-24)16-8-3-13(21)11-18(16)28-2/h3-11H,12H2,1-2H3,(H,22,25). The Labute approximate surface area is 160 Å². The van der Waals surface area contributed by atoms with Gasteiger partial charge in [0.1, 0.15) is 23.9 Å². The first kappa shape index (κ1) is 19.1. The molecule has 1 amide bonds. The van der Waals surface area contributed by atoms with Gasteiger partial charge in [-0.15, -0.1) is 0 Å². The highest BCUT2D eigenvalue weighted by molar-refractivity contribution is 5.90. The summed E-state index contributed by atoms with van der Waals surface area (Å²) in [6, 6.07) is 13.6. The molecule has 0 aliphatic carbocycles. The van der Waals surface area contributed by atoms with Gasteiger partial charge in [0.2, 0.25) is 5.91 Å². The van der Waals surface area contributed by atoms with Gasteiger partial charge in [-0.25, -0.2) is 9.07 Å². The second-order valence-corrected chi connectivity index (χ2v) is 5.84. The Bertz CT molecular complexity index is 1050. The number of carbonyl (C=O) groups excluding carboxylic acids is 1. The molecule has 0 radical (unpaired) electrons. The van der Waals surface area contributed by atoms with Crippen molar-refractivity contribution < 1.29 is 18.7 Å². The van der Waals surface area contributed by atoms with Crippen LogP contribution in [0.3, 0.4) is 0 Å². The van der Waals surface area contributed by atoms with E-state index in [1.54, 1.807) is 31.4 Å². The number of anilines is 1. The maximum atomic E-state index is 13.4. The van der Waals surface area contributed by atoms with Gasteiger partial charge in [0, 0.05) is 23.4 Å². The molecule has 1 aromatic heterocycles. The van der Waals surface area contributed by atoms with Crippen LogP contribution >= 0.6 is 0 Å². The first-order valence-corrected chi connectivity index (χ1v) is 8.36. The molecule has 0 aliphatic rings. The van der Waals surface area contributed by atoms with Crippen LogP contribution < -0.4 is 20.3 Å². The molecule has 28 heavy (non-hydrogen) atoms. The van der Waals surface area contributed by atoms with Crippen LogP contribution in [0.5, 0.6) is 11.5 Å². The smallest absolute Gasteiger partial charge is 0.267 e. The first-order valence-electron chi connectivity index (χ1n) is 8.36. The second kappa shape index (κ2) is 8.34. The molecular formula is C20H18FN3O4. The molecule has 0 bridgehead atoms. The summed E-state index contributed by atoms with van der Waals surface area (Å²) in [5.41, 5.74) is 1.02. The zero-order valence-electron chi connectivity index (χ0n) is 15.3. The van der Waals surface area contributed by atoms with Crippen molar-refractivity contribution >= 4 is 11.6 Å². The van der Waals surface area contributed by atoms with Crippen molar-refractivity contribution in [2.24, 2.45) is 0 Å². The molecule has 1 N–H and O–H groups in total. The fourth-order valence-electron chi connectivity index (χ4n) is 2.59. The summed E-state index contributed by atoms with van der Waals surface area (Å²) in [5, 5.41) is 6.90. The lowest BCUT2D eigenvalue weighted by molar-refractivity contribution is -0.117. The number of halogens is 1. The van der Waals surface area contributed by atoms with Crippen LogP contribution in [0.1, 0.15) is 0 Å². The average Bonchev–Trinajstić information content (AvgIpc) is 2.70. The highest BCUT2D eigenvalue weighted by Gasteiger charge is 2.12. The Morgan fingerprint density at radius 1 is 1.07 bits per heavy atom. The lowest BCUT2D eigenvalue weighted by atomic mass is 10.1. The summed E-state index contributed by atoms with van der Waals surface area (Å²) in [7, 11) is 2.96. The topological polar surface area (TPSA) is 82.4 Å². The molecule has 3 rings (SSSR count). The van der Waals surface area contributed by atoms with E-state index in [1.807, 2.05) is 0 Å². The van der Waals surface area contributed by atoms with Gasteiger partial charge in [-0.3, -0.25) is 9.59 Å². The first-order chi connectivity index (χ1) is 13.5. The van der Waals surface area contributed by atoms with Crippen molar-refractivity contribution in [1.82, 2.24) is 9.78 Å². The van der Waals surface area contributed by atoms with Crippen LogP contribution in [0.4, 0.5) is 10.1 Å². The van der Waals surface area contributed by atoms with E-state index in [4.69, 9.17) is 9.47 Å². The van der Waals surface area contributed by atoms with Crippen molar-refractivity contribution in [1.29, 1.82) is 0 Å². The van der Waals surface area contributed by atoms with E-state index in [-0.39, 0.29) is 12.3 Å². The number of hydrogen-bond acceptors (Lipinski definition) is 5. The monoisotopic (exact) mass is 383 g/mol. The Morgan fingerprint density at radius 2 is 1.82 bits per heavy atom. The van der Waals surface area contributed by atoms with Gasteiger partial charge in [-0.2, -0.15) is 5.10 Å². The Morgan fingerprint density at radius 3 is 2.50 bits per heavy atom. The predicted octanol–water partition coefficient (Wildman–Crippen LogP) is 2.71. The molecule has 2 aromatic carbocycles. The van der Waals surface area contributed by atoms with Crippen LogP contribution in [0, 0.1) is 5.82 Å². The normalized spacial score (nSPS) is 10.4. The van der Waals surface area contributed by atoms with Crippen LogP contribution in [0.25, 0.3) is 11.3 Å². The number of rotatable bonds is 6. The summed E-state index contributed by atoms with van der Waals surface area (Å²) < 4.78 is 24.7. The quantitative estimate of drug-likeness (QED) is 0.708. The Balaban J connectivity index is 1.81. The number of amides is 1. The van der Waals surface area contributed by atoms with E-state index in [2.05, 4.69) is 10.4 Å². The van der Waals surface area contributed by atoms with E-state index in [1.165, 1.54) is 37.4 Å².